The summed E-state index contributed by atoms with van der Waals surface area (Å²) in [6.07, 6.45) is 0. The molecule has 3 nitrogen and oxygen atoms in total. The Labute approximate surface area is 129 Å². The highest BCUT2D eigenvalue weighted by Gasteiger charge is 2.67. The molecule has 0 saturated heterocycles. The van der Waals surface area contributed by atoms with Gasteiger partial charge in [-0.05, 0) is 54.0 Å². The summed E-state index contributed by atoms with van der Waals surface area (Å²) in [4.78, 5) is 0. The minimum Gasteiger partial charge on any atom is -0.493 e. The van der Waals surface area contributed by atoms with E-state index in [-0.39, 0.29) is 0 Å². The van der Waals surface area contributed by atoms with E-state index in [0.29, 0.717) is 22.8 Å². The van der Waals surface area contributed by atoms with Crippen molar-refractivity contribution >= 4 is 0 Å². The number of hydrogen-bond donors (Lipinski definition) is 1. The molecule has 1 fully saturated rings. The molecule has 0 aromatic heterocycles. The number of methoxy groups -OCH3 is 2. The Hall–Kier alpha value is -1.22. The number of nitrogens with one attached hydrogen (secondary N) is 1. The molecule has 1 unspecified atom stereocenters. The first-order chi connectivity index (χ1) is 9.72. The summed E-state index contributed by atoms with van der Waals surface area (Å²) in [7, 11) is 5.42. The van der Waals surface area contributed by atoms with Crippen LogP contribution in [0.5, 0.6) is 11.5 Å². The van der Waals surface area contributed by atoms with E-state index in [2.05, 4.69) is 52.1 Å². The van der Waals surface area contributed by atoms with Gasteiger partial charge in [0.2, 0.25) is 0 Å². The molecule has 0 radical (unpaired) electrons. The molecular formula is C18H29NO2. The number of rotatable bonds is 5. The van der Waals surface area contributed by atoms with Gasteiger partial charge in [0.1, 0.15) is 0 Å². The van der Waals surface area contributed by atoms with E-state index in [0.717, 1.165) is 11.5 Å². The van der Waals surface area contributed by atoms with Crippen molar-refractivity contribution in [2.75, 3.05) is 21.3 Å². The Kier molecular flexibility index (Phi) is 4.00. The van der Waals surface area contributed by atoms with Crippen molar-refractivity contribution < 1.29 is 9.47 Å². The molecule has 1 aliphatic rings. The second-order valence-corrected chi connectivity index (χ2v) is 7.25. The fourth-order valence-electron chi connectivity index (χ4n) is 3.91. The molecular weight excluding hydrogens is 262 g/mol. The number of benzene rings is 1. The molecule has 0 aliphatic heterocycles. The number of aryl methyl sites for hydroxylation is 1. The van der Waals surface area contributed by atoms with Gasteiger partial charge < -0.3 is 14.8 Å². The predicted octanol–water partition coefficient (Wildman–Crippen LogP) is 3.95. The Morgan fingerprint density at radius 2 is 1.48 bits per heavy atom. The van der Waals surface area contributed by atoms with Crippen molar-refractivity contribution in [3.05, 3.63) is 23.3 Å². The van der Waals surface area contributed by atoms with E-state index in [4.69, 9.17) is 9.47 Å². The fraction of sp³-hybridized carbons (Fsp3) is 0.667. The lowest BCUT2D eigenvalue weighted by atomic mass is 9.92. The highest BCUT2D eigenvalue weighted by molar-refractivity contribution is 5.49. The second kappa shape index (κ2) is 5.20. The SMILES string of the molecule is CNC(c1cc(OC)c(OC)cc1C)C1C(C)(C)C1(C)C. The highest BCUT2D eigenvalue weighted by Crippen LogP contribution is 2.72. The van der Waals surface area contributed by atoms with Gasteiger partial charge in [-0.3, -0.25) is 0 Å². The Morgan fingerprint density at radius 1 is 1.00 bits per heavy atom. The normalized spacial score (nSPS) is 21.0. The molecule has 118 valence electrons. The average molecular weight is 291 g/mol. The minimum atomic E-state index is 0.329. The molecule has 0 bridgehead atoms. The third kappa shape index (κ3) is 2.32. The first kappa shape index (κ1) is 16.2. The third-order valence-electron chi connectivity index (χ3n) is 5.88. The topological polar surface area (TPSA) is 30.5 Å². The van der Waals surface area contributed by atoms with Gasteiger partial charge in [-0.1, -0.05) is 27.7 Å². The lowest BCUT2D eigenvalue weighted by Crippen LogP contribution is -2.22. The molecule has 0 heterocycles. The maximum atomic E-state index is 5.48. The number of ether oxygens (including phenoxy) is 2. The molecule has 1 aromatic rings. The molecule has 0 amide bonds. The zero-order chi connectivity index (χ0) is 16.0. The predicted molar refractivity (Wildman–Crippen MR) is 87.1 cm³/mol. The lowest BCUT2D eigenvalue weighted by Gasteiger charge is -2.23. The summed E-state index contributed by atoms with van der Waals surface area (Å²) in [5.41, 5.74) is 3.21. The van der Waals surface area contributed by atoms with Gasteiger partial charge in [-0.15, -0.1) is 0 Å². The van der Waals surface area contributed by atoms with E-state index in [1.807, 2.05) is 7.05 Å². The Bertz CT molecular complexity index is 520. The summed E-state index contributed by atoms with van der Waals surface area (Å²) < 4.78 is 10.9. The van der Waals surface area contributed by atoms with Crippen LogP contribution < -0.4 is 14.8 Å². The van der Waals surface area contributed by atoms with E-state index in [9.17, 15) is 0 Å². The molecule has 0 spiro atoms. The largest absolute Gasteiger partial charge is 0.493 e. The molecule has 3 heteroatoms. The smallest absolute Gasteiger partial charge is 0.161 e. The first-order valence-electron chi connectivity index (χ1n) is 7.62. The molecule has 1 atom stereocenters. The van der Waals surface area contributed by atoms with E-state index in [1.54, 1.807) is 14.2 Å². The van der Waals surface area contributed by atoms with Gasteiger partial charge in [0, 0.05) is 6.04 Å². The summed E-state index contributed by atoms with van der Waals surface area (Å²) in [6, 6.07) is 4.52. The standard InChI is InChI=1S/C18H29NO2/c1-11-9-13(20-7)14(21-8)10-12(11)15(19-6)16-17(2,3)18(16,4)5/h9-10,15-16,19H,1-8H3. The van der Waals surface area contributed by atoms with Crippen LogP contribution in [0, 0.1) is 23.7 Å². The van der Waals surface area contributed by atoms with Crippen molar-refractivity contribution in [3.8, 4) is 11.5 Å². The third-order valence-corrected chi connectivity index (χ3v) is 5.88. The molecule has 21 heavy (non-hydrogen) atoms. The van der Waals surface area contributed by atoms with Crippen LogP contribution in [0.1, 0.15) is 44.9 Å². The quantitative estimate of drug-likeness (QED) is 0.891. The zero-order valence-electron chi connectivity index (χ0n) is 14.6. The van der Waals surface area contributed by atoms with Crippen LogP contribution in [0.15, 0.2) is 12.1 Å². The van der Waals surface area contributed by atoms with Gasteiger partial charge in [-0.2, -0.15) is 0 Å². The van der Waals surface area contributed by atoms with Crippen LogP contribution in [0.4, 0.5) is 0 Å². The maximum Gasteiger partial charge on any atom is 0.161 e. The van der Waals surface area contributed by atoms with Gasteiger partial charge in [0.05, 0.1) is 14.2 Å². The monoisotopic (exact) mass is 291 g/mol. The van der Waals surface area contributed by atoms with Crippen LogP contribution >= 0.6 is 0 Å². The molecule has 1 aromatic carbocycles. The molecule has 2 rings (SSSR count). The van der Waals surface area contributed by atoms with Crippen LogP contribution in [0.25, 0.3) is 0 Å². The van der Waals surface area contributed by atoms with Gasteiger partial charge in [0.25, 0.3) is 0 Å². The van der Waals surface area contributed by atoms with E-state index < -0.39 is 0 Å². The molecule has 1 N–H and O–H groups in total. The summed E-state index contributed by atoms with van der Waals surface area (Å²) in [6.45, 7) is 11.6. The lowest BCUT2D eigenvalue weighted by molar-refractivity contribution is 0.352. The Morgan fingerprint density at radius 3 is 1.86 bits per heavy atom. The summed E-state index contributed by atoms with van der Waals surface area (Å²) >= 11 is 0. The minimum absolute atomic E-state index is 0.329. The second-order valence-electron chi connectivity index (χ2n) is 7.25. The van der Waals surface area contributed by atoms with Gasteiger partial charge in [-0.25, -0.2) is 0 Å². The Balaban J connectivity index is 2.45. The zero-order valence-corrected chi connectivity index (χ0v) is 14.6. The summed E-state index contributed by atoms with van der Waals surface area (Å²) in [5.74, 6) is 2.20. The molecule has 1 aliphatic carbocycles. The van der Waals surface area contributed by atoms with Crippen molar-refractivity contribution in [1.29, 1.82) is 0 Å². The van der Waals surface area contributed by atoms with E-state index in [1.165, 1.54) is 11.1 Å². The van der Waals surface area contributed by atoms with Crippen molar-refractivity contribution in [2.24, 2.45) is 16.7 Å². The fourth-order valence-corrected chi connectivity index (χ4v) is 3.91. The van der Waals surface area contributed by atoms with Gasteiger partial charge >= 0.3 is 0 Å². The average Bonchev–Trinajstić information content (AvgIpc) is 2.83. The van der Waals surface area contributed by atoms with Crippen molar-refractivity contribution in [2.45, 2.75) is 40.7 Å². The maximum absolute atomic E-state index is 5.48. The molecule has 1 saturated carbocycles. The van der Waals surface area contributed by atoms with Crippen LogP contribution in [0.3, 0.4) is 0 Å². The van der Waals surface area contributed by atoms with Crippen molar-refractivity contribution in [1.82, 2.24) is 5.32 Å². The van der Waals surface area contributed by atoms with Crippen LogP contribution in [0.2, 0.25) is 0 Å². The highest BCUT2D eigenvalue weighted by atomic mass is 16.5. The van der Waals surface area contributed by atoms with E-state index >= 15 is 0 Å². The van der Waals surface area contributed by atoms with Crippen LogP contribution in [-0.2, 0) is 0 Å². The van der Waals surface area contributed by atoms with Crippen LogP contribution in [-0.4, -0.2) is 21.3 Å². The first-order valence-corrected chi connectivity index (χ1v) is 7.62. The van der Waals surface area contributed by atoms with Gasteiger partial charge in [0.15, 0.2) is 11.5 Å². The number of hydrogen-bond acceptors (Lipinski definition) is 3. The summed E-state index contributed by atoms with van der Waals surface area (Å²) in [5, 5.41) is 3.52. The van der Waals surface area contributed by atoms with Crippen molar-refractivity contribution in [3.63, 3.8) is 0 Å².